The van der Waals surface area contributed by atoms with Crippen LogP contribution in [0.2, 0.25) is 0 Å². The monoisotopic (exact) mass is 398 g/mol. The Morgan fingerprint density at radius 1 is 1.44 bits per heavy atom. The molecule has 18 heavy (non-hydrogen) atoms. The van der Waals surface area contributed by atoms with Gasteiger partial charge in [-0.05, 0) is 22.6 Å². The molecular weight excluding hydrogens is 392 g/mol. The molecule has 0 radical (unpaired) electrons. The Morgan fingerprint density at radius 3 is 2.39 bits per heavy atom. The third-order valence-electron chi connectivity index (χ3n) is 1.57. The van der Waals surface area contributed by atoms with Crippen LogP contribution in [0.3, 0.4) is 0 Å². The molecule has 0 unspecified atom stereocenters. The molecule has 0 saturated heterocycles. The molecule has 1 aromatic heterocycles. The second-order valence-corrected chi connectivity index (χ2v) is 5.51. The van der Waals surface area contributed by atoms with E-state index in [1.807, 2.05) is 0 Å². The number of halogens is 4. The molecule has 102 valence electrons. The fourth-order valence-corrected chi connectivity index (χ4v) is 2.41. The molecule has 0 bridgehead atoms. The number of hydrogen-bond acceptors (Lipinski definition) is 5. The summed E-state index contributed by atoms with van der Waals surface area (Å²) < 4.78 is 66.9. The van der Waals surface area contributed by atoms with Crippen molar-refractivity contribution >= 4 is 32.6 Å². The molecular formula is C7H6F3IN2O4S. The summed E-state index contributed by atoms with van der Waals surface area (Å²) in [5.74, 6) is -1.18. The van der Waals surface area contributed by atoms with Crippen molar-refractivity contribution < 1.29 is 31.1 Å². The van der Waals surface area contributed by atoms with Gasteiger partial charge in [-0.1, -0.05) is 0 Å². The molecule has 0 aliphatic carbocycles. The molecule has 2 N–H and O–H groups in total. The average molecular weight is 398 g/mol. The van der Waals surface area contributed by atoms with Crippen molar-refractivity contribution in [3.8, 4) is 11.6 Å². The van der Waals surface area contributed by atoms with Crippen molar-refractivity contribution in [3.63, 3.8) is 0 Å². The van der Waals surface area contributed by atoms with Gasteiger partial charge in [0.1, 0.15) is 0 Å². The Hall–Kier alpha value is -0.820. The van der Waals surface area contributed by atoms with E-state index in [2.05, 4.69) is 14.5 Å². The van der Waals surface area contributed by atoms with Crippen LogP contribution in [-0.4, -0.2) is 26.9 Å². The molecule has 1 heterocycles. The Bertz CT molecular complexity index is 561. The number of ether oxygens (including phenoxy) is 2. The molecule has 0 aromatic carbocycles. The summed E-state index contributed by atoms with van der Waals surface area (Å²) in [5.41, 5.74) is 0. The van der Waals surface area contributed by atoms with Gasteiger partial charge < -0.3 is 9.47 Å². The third kappa shape index (κ3) is 3.84. The molecule has 0 fully saturated rings. The lowest BCUT2D eigenvalue weighted by atomic mass is 10.4. The Morgan fingerprint density at radius 2 is 2.00 bits per heavy atom. The van der Waals surface area contributed by atoms with Crippen molar-refractivity contribution in [3.05, 3.63) is 9.64 Å². The van der Waals surface area contributed by atoms with Crippen LogP contribution in [-0.2, 0) is 10.0 Å². The van der Waals surface area contributed by atoms with E-state index in [1.165, 1.54) is 29.7 Å². The van der Waals surface area contributed by atoms with Crippen molar-refractivity contribution in [1.82, 2.24) is 4.98 Å². The maximum absolute atomic E-state index is 12.2. The molecule has 1 aromatic rings. The van der Waals surface area contributed by atoms with Gasteiger partial charge in [0, 0.05) is 6.07 Å². The molecule has 0 amide bonds. The number of aromatic nitrogens is 1. The summed E-state index contributed by atoms with van der Waals surface area (Å²) >= 11 is 1.45. The number of methoxy groups -OCH3 is 1. The zero-order valence-electron chi connectivity index (χ0n) is 8.66. The second kappa shape index (κ2) is 5.05. The van der Waals surface area contributed by atoms with E-state index in [0.29, 0.717) is 0 Å². The van der Waals surface area contributed by atoms with E-state index in [-0.39, 0.29) is 9.45 Å². The summed E-state index contributed by atoms with van der Waals surface area (Å²) in [6, 6.07) is 1.08. The number of rotatable bonds is 3. The van der Waals surface area contributed by atoms with Gasteiger partial charge in [-0.25, -0.2) is 13.6 Å². The SMILES string of the molecule is COc1cc(I)c(OC(F)(F)F)c(S(N)(=O)=O)n1. The van der Waals surface area contributed by atoms with Crippen LogP contribution in [0.1, 0.15) is 0 Å². The number of pyridine rings is 1. The van der Waals surface area contributed by atoms with E-state index in [9.17, 15) is 21.6 Å². The minimum Gasteiger partial charge on any atom is -0.481 e. The predicted octanol–water partition coefficient (Wildman–Crippen LogP) is 1.24. The summed E-state index contributed by atoms with van der Waals surface area (Å²) in [6.45, 7) is 0. The van der Waals surface area contributed by atoms with Crippen LogP contribution in [0.15, 0.2) is 11.1 Å². The first kappa shape index (κ1) is 15.2. The summed E-state index contributed by atoms with van der Waals surface area (Å²) in [4.78, 5) is 3.34. The molecule has 6 nitrogen and oxygen atoms in total. The zero-order chi connectivity index (χ0) is 14.1. The minimum absolute atomic E-state index is 0.152. The first-order valence-electron chi connectivity index (χ1n) is 4.07. The summed E-state index contributed by atoms with van der Waals surface area (Å²) in [7, 11) is -3.31. The standard InChI is InChI=1S/C7H6F3IN2O4S/c1-16-4-2-3(11)5(17-7(8,9)10)6(13-4)18(12,14)15/h2H,1H3,(H2,12,14,15). The van der Waals surface area contributed by atoms with E-state index in [4.69, 9.17) is 5.14 Å². The summed E-state index contributed by atoms with van der Waals surface area (Å²) in [6.07, 6.45) is -5.06. The lowest BCUT2D eigenvalue weighted by molar-refractivity contribution is -0.276. The van der Waals surface area contributed by atoms with Crippen LogP contribution in [0.25, 0.3) is 0 Å². The van der Waals surface area contributed by atoms with Gasteiger partial charge in [-0.15, -0.1) is 13.2 Å². The largest absolute Gasteiger partial charge is 0.573 e. The maximum Gasteiger partial charge on any atom is 0.573 e. The van der Waals surface area contributed by atoms with Crippen LogP contribution >= 0.6 is 22.6 Å². The first-order valence-corrected chi connectivity index (χ1v) is 6.70. The van der Waals surface area contributed by atoms with E-state index in [0.717, 1.165) is 6.07 Å². The lowest BCUT2D eigenvalue weighted by Crippen LogP contribution is -2.23. The molecule has 0 spiro atoms. The highest BCUT2D eigenvalue weighted by Gasteiger charge is 2.35. The van der Waals surface area contributed by atoms with Crippen LogP contribution in [0.5, 0.6) is 11.6 Å². The average Bonchev–Trinajstić information content (AvgIpc) is 2.17. The van der Waals surface area contributed by atoms with Gasteiger partial charge in [0.2, 0.25) is 10.9 Å². The molecule has 0 aliphatic rings. The van der Waals surface area contributed by atoms with Crippen molar-refractivity contribution in [2.45, 2.75) is 11.4 Å². The Labute approximate surface area is 113 Å². The maximum atomic E-state index is 12.2. The zero-order valence-corrected chi connectivity index (χ0v) is 11.6. The third-order valence-corrected chi connectivity index (χ3v) is 3.19. The fraction of sp³-hybridized carbons (Fsp3) is 0.286. The smallest absolute Gasteiger partial charge is 0.481 e. The topological polar surface area (TPSA) is 91.5 Å². The van der Waals surface area contributed by atoms with Gasteiger partial charge in [-0.3, -0.25) is 0 Å². The molecule has 11 heteroatoms. The number of hydrogen-bond donors (Lipinski definition) is 1. The van der Waals surface area contributed by atoms with Gasteiger partial charge >= 0.3 is 6.36 Å². The van der Waals surface area contributed by atoms with Gasteiger partial charge in [0.05, 0.1) is 10.7 Å². The van der Waals surface area contributed by atoms with Gasteiger partial charge in [0.15, 0.2) is 5.75 Å². The number of primary sulfonamides is 1. The number of nitrogens with zero attached hydrogens (tertiary/aromatic N) is 1. The van der Waals surface area contributed by atoms with Crippen LogP contribution in [0.4, 0.5) is 13.2 Å². The molecule has 0 saturated carbocycles. The van der Waals surface area contributed by atoms with Crippen molar-refractivity contribution in [1.29, 1.82) is 0 Å². The van der Waals surface area contributed by atoms with E-state index >= 15 is 0 Å². The number of alkyl halides is 3. The summed E-state index contributed by atoms with van der Waals surface area (Å²) in [5, 5.41) is 3.73. The fourth-order valence-electron chi connectivity index (χ4n) is 0.965. The molecule has 1 rings (SSSR count). The quantitative estimate of drug-likeness (QED) is 0.774. The first-order chi connectivity index (χ1) is 8.04. The second-order valence-electron chi connectivity index (χ2n) is 2.87. The minimum atomic E-state index is -5.06. The Kier molecular flexibility index (Phi) is 4.27. The van der Waals surface area contributed by atoms with E-state index < -0.39 is 27.2 Å². The molecule has 0 aliphatic heterocycles. The number of nitrogens with two attached hydrogens (primary N) is 1. The highest BCUT2D eigenvalue weighted by atomic mass is 127. The Balaban J connectivity index is 3.49. The van der Waals surface area contributed by atoms with Crippen LogP contribution < -0.4 is 14.6 Å². The molecule has 0 atom stereocenters. The van der Waals surface area contributed by atoms with Crippen LogP contribution in [0, 0.1) is 3.57 Å². The highest BCUT2D eigenvalue weighted by molar-refractivity contribution is 14.1. The van der Waals surface area contributed by atoms with Gasteiger partial charge in [-0.2, -0.15) is 4.98 Å². The number of sulfonamides is 1. The van der Waals surface area contributed by atoms with Gasteiger partial charge in [0.25, 0.3) is 10.0 Å². The van der Waals surface area contributed by atoms with Crippen molar-refractivity contribution in [2.24, 2.45) is 5.14 Å². The normalized spacial score (nSPS) is 12.3. The van der Waals surface area contributed by atoms with E-state index in [1.54, 1.807) is 0 Å². The highest BCUT2D eigenvalue weighted by Crippen LogP contribution is 2.34. The lowest BCUT2D eigenvalue weighted by Gasteiger charge is -2.14. The van der Waals surface area contributed by atoms with Crippen molar-refractivity contribution in [2.75, 3.05) is 7.11 Å². The predicted molar refractivity (Wildman–Crippen MR) is 61.6 cm³/mol.